The van der Waals surface area contributed by atoms with E-state index in [2.05, 4.69) is 15.9 Å². The maximum Gasteiger partial charge on any atom is 0.146 e. The minimum absolute atomic E-state index is 0.0969. The molecule has 1 spiro atoms. The normalized spacial score (nSPS) is 25.8. The molecule has 2 fully saturated rings. The van der Waals surface area contributed by atoms with E-state index in [-0.39, 0.29) is 11.5 Å². The topological polar surface area (TPSA) is 26.3 Å². The molecule has 1 aromatic rings. The number of hydrogen-bond donors (Lipinski definition) is 0. The average Bonchev–Trinajstić information content (AvgIpc) is 2.39. The molecule has 2 nitrogen and oxygen atoms in total. The fourth-order valence-corrected chi connectivity index (χ4v) is 3.64. The molecule has 1 atom stereocenters. The van der Waals surface area contributed by atoms with Crippen LogP contribution in [0.2, 0.25) is 0 Å². The first-order chi connectivity index (χ1) is 8.71. The Morgan fingerprint density at radius 3 is 2.67 bits per heavy atom. The number of Topliss-reactive ketones (excluding diaryl/α,β-unsaturated/α-hetero) is 1. The molecule has 18 heavy (non-hydrogen) atoms. The third kappa shape index (κ3) is 1.99. The highest BCUT2D eigenvalue weighted by atomic mass is 79.9. The van der Waals surface area contributed by atoms with Crippen LogP contribution in [0.4, 0.5) is 0 Å². The molecule has 0 amide bonds. The summed E-state index contributed by atoms with van der Waals surface area (Å²) < 4.78 is 7.06. The quantitative estimate of drug-likeness (QED) is 0.821. The Labute approximate surface area is 116 Å². The third-order valence-electron chi connectivity index (χ3n) is 4.36. The fourth-order valence-electron chi connectivity index (χ4n) is 3.26. The summed E-state index contributed by atoms with van der Waals surface area (Å²) in [5.74, 6) is 1.29. The highest BCUT2D eigenvalue weighted by Crippen LogP contribution is 2.50. The van der Waals surface area contributed by atoms with Crippen molar-refractivity contribution in [3.8, 4) is 5.75 Å². The van der Waals surface area contributed by atoms with Crippen molar-refractivity contribution in [1.29, 1.82) is 0 Å². The Balaban J connectivity index is 1.75. The van der Waals surface area contributed by atoms with Crippen LogP contribution in [0.3, 0.4) is 0 Å². The van der Waals surface area contributed by atoms with E-state index in [1.807, 2.05) is 24.3 Å². The van der Waals surface area contributed by atoms with Crippen molar-refractivity contribution in [3.63, 3.8) is 0 Å². The smallest absolute Gasteiger partial charge is 0.146 e. The lowest BCUT2D eigenvalue weighted by Crippen LogP contribution is -2.57. The van der Waals surface area contributed by atoms with E-state index in [0.29, 0.717) is 12.2 Å². The van der Waals surface area contributed by atoms with Crippen molar-refractivity contribution in [3.05, 3.63) is 28.7 Å². The van der Waals surface area contributed by atoms with Gasteiger partial charge in [0.15, 0.2) is 0 Å². The molecular weight excluding hydrogens is 292 g/mol. The van der Waals surface area contributed by atoms with Gasteiger partial charge >= 0.3 is 0 Å². The summed E-state index contributed by atoms with van der Waals surface area (Å²) in [4.78, 5) is 12.0. The summed E-state index contributed by atoms with van der Waals surface area (Å²) in [6.07, 6.45) is 6.33. The first-order valence-corrected chi connectivity index (χ1v) is 7.45. The molecule has 0 saturated heterocycles. The number of hydrogen-bond acceptors (Lipinski definition) is 2. The highest BCUT2D eigenvalue weighted by Gasteiger charge is 2.56. The standard InChI is InChI=1S/C15H17BrO2/c16-11-5-4-6-12(9-11)18-14-10-13(17)15(14)7-2-1-3-8-15/h4-6,9,14H,1-3,7-8,10H2. The maximum absolute atomic E-state index is 12.0. The second-order valence-corrected chi connectivity index (χ2v) is 6.32. The molecule has 0 aromatic heterocycles. The Kier molecular flexibility index (Phi) is 3.18. The second kappa shape index (κ2) is 4.69. The van der Waals surface area contributed by atoms with Crippen LogP contribution in [-0.4, -0.2) is 11.9 Å². The van der Waals surface area contributed by atoms with Crippen molar-refractivity contribution in [2.24, 2.45) is 5.41 Å². The predicted octanol–water partition coefficient (Wildman–Crippen LogP) is 4.12. The second-order valence-electron chi connectivity index (χ2n) is 5.41. The lowest BCUT2D eigenvalue weighted by Gasteiger charge is -2.49. The molecule has 2 aliphatic carbocycles. The van der Waals surface area contributed by atoms with E-state index in [4.69, 9.17) is 4.74 Å². The molecular formula is C15H17BrO2. The lowest BCUT2D eigenvalue weighted by molar-refractivity contribution is -0.156. The SMILES string of the molecule is O=C1CC(Oc2cccc(Br)c2)C12CCCCC2. The molecule has 2 saturated carbocycles. The van der Waals surface area contributed by atoms with Crippen LogP contribution in [0.25, 0.3) is 0 Å². The molecule has 0 radical (unpaired) electrons. The van der Waals surface area contributed by atoms with Crippen molar-refractivity contribution in [1.82, 2.24) is 0 Å². The zero-order chi connectivity index (χ0) is 12.6. The molecule has 1 aromatic carbocycles. The Morgan fingerprint density at radius 2 is 2.00 bits per heavy atom. The summed E-state index contributed by atoms with van der Waals surface area (Å²) in [6, 6.07) is 7.88. The number of carbonyl (C=O) groups is 1. The van der Waals surface area contributed by atoms with Gasteiger partial charge in [0, 0.05) is 10.9 Å². The largest absolute Gasteiger partial charge is 0.489 e. The summed E-state index contributed by atoms with van der Waals surface area (Å²) in [5.41, 5.74) is -0.152. The van der Waals surface area contributed by atoms with E-state index >= 15 is 0 Å². The van der Waals surface area contributed by atoms with Gasteiger partial charge in [-0.2, -0.15) is 0 Å². The van der Waals surface area contributed by atoms with Gasteiger partial charge in [-0.1, -0.05) is 41.3 Å². The molecule has 0 N–H and O–H groups in total. The van der Waals surface area contributed by atoms with Gasteiger partial charge in [-0.15, -0.1) is 0 Å². The van der Waals surface area contributed by atoms with Crippen molar-refractivity contribution < 1.29 is 9.53 Å². The summed E-state index contributed by atoms with van der Waals surface area (Å²) in [6.45, 7) is 0. The number of ketones is 1. The van der Waals surface area contributed by atoms with Crippen molar-refractivity contribution >= 4 is 21.7 Å². The van der Waals surface area contributed by atoms with Crippen LogP contribution in [-0.2, 0) is 4.79 Å². The van der Waals surface area contributed by atoms with Crippen LogP contribution in [0, 0.1) is 5.41 Å². The molecule has 3 rings (SSSR count). The first kappa shape index (κ1) is 12.2. The van der Waals surface area contributed by atoms with Gasteiger partial charge in [0.1, 0.15) is 17.6 Å². The first-order valence-electron chi connectivity index (χ1n) is 6.66. The van der Waals surface area contributed by atoms with Crippen LogP contribution >= 0.6 is 15.9 Å². The number of benzene rings is 1. The van der Waals surface area contributed by atoms with Crippen molar-refractivity contribution in [2.45, 2.75) is 44.6 Å². The van der Waals surface area contributed by atoms with Crippen LogP contribution < -0.4 is 4.74 Å². The molecule has 3 heteroatoms. The number of ether oxygens (including phenoxy) is 1. The van der Waals surface area contributed by atoms with E-state index < -0.39 is 0 Å². The Morgan fingerprint density at radius 1 is 1.22 bits per heavy atom. The van der Waals surface area contributed by atoms with Crippen LogP contribution in [0.5, 0.6) is 5.75 Å². The molecule has 2 aliphatic rings. The average molecular weight is 309 g/mol. The summed E-state index contributed by atoms with van der Waals surface area (Å²) in [5, 5.41) is 0. The number of carbonyl (C=O) groups excluding carboxylic acids is 1. The monoisotopic (exact) mass is 308 g/mol. The van der Waals surface area contributed by atoms with Gasteiger partial charge in [-0.25, -0.2) is 0 Å². The third-order valence-corrected chi connectivity index (χ3v) is 4.86. The highest BCUT2D eigenvalue weighted by molar-refractivity contribution is 9.10. The van der Waals surface area contributed by atoms with Gasteiger partial charge in [0.05, 0.1) is 5.41 Å². The van der Waals surface area contributed by atoms with E-state index in [1.165, 1.54) is 19.3 Å². The molecule has 0 bridgehead atoms. The zero-order valence-corrected chi connectivity index (χ0v) is 11.9. The number of rotatable bonds is 2. The fraction of sp³-hybridized carbons (Fsp3) is 0.533. The minimum atomic E-state index is -0.152. The molecule has 0 heterocycles. The van der Waals surface area contributed by atoms with Gasteiger partial charge in [0.2, 0.25) is 0 Å². The van der Waals surface area contributed by atoms with E-state index in [9.17, 15) is 4.79 Å². The van der Waals surface area contributed by atoms with E-state index in [1.54, 1.807) is 0 Å². The minimum Gasteiger partial charge on any atom is -0.489 e. The van der Waals surface area contributed by atoms with Gasteiger partial charge in [0.25, 0.3) is 0 Å². The van der Waals surface area contributed by atoms with Crippen LogP contribution in [0.1, 0.15) is 38.5 Å². The zero-order valence-electron chi connectivity index (χ0n) is 10.3. The summed E-state index contributed by atoms with van der Waals surface area (Å²) in [7, 11) is 0. The Hall–Kier alpha value is -0.830. The lowest BCUT2D eigenvalue weighted by atomic mass is 9.57. The van der Waals surface area contributed by atoms with Gasteiger partial charge < -0.3 is 4.74 Å². The van der Waals surface area contributed by atoms with E-state index in [0.717, 1.165) is 23.1 Å². The van der Waals surface area contributed by atoms with Crippen molar-refractivity contribution in [2.75, 3.05) is 0 Å². The molecule has 96 valence electrons. The Bertz CT molecular complexity index is 463. The molecule has 0 aliphatic heterocycles. The number of halogens is 1. The summed E-state index contributed by atoms with van der Waals surface area (Å²) >= 11 is 3.44. The van der Waals surface area contributed by atoms with Gasteiger partial charge in [-0.3, -0.25) is 4.79 Å². The maximum atomic E-state index is 12.0. The van der Waals surface area contributed by atoms with Gasteiger partial charge in [-0.05, 0) is 31.0 Å². The molecule has 1 unspecified atom stereocenters. The van der Waals surface area contributed by atoms with Crippen LogP contribution in [0.15, 0.2) is 28.7 Å². The predicted molar refractivity (Wildman–Crippen MR) is 73.7 cm³/mol.